The molecule has 0 aliphatic carbocycles. The average Bonchev–Trinajstić information content (AvgIpc) is 3.47. The molecule has 0 fully saturated rings. The lowest BCUT2D eigenvalue weighted by Crippen LogP contribution is -2.53. The molecule has 39 heavy (non-hydrogen) atoms. The zero-order valence-corrected chi connectivity index (χ0v) is 24.4. The van der Waals surface area contributed by atoms with E-state index in [1.165, 1.54) is 52.2 Å². The Morgan fingerprint density at radius 1 is 1.23 bits per heavy atom. The van der Waals surface area contributed by atoms with E-state index in [1.54, 1.807) is 20.0 Å². The molecule has 2 rings (SSSR count). The fourth-order valence-corrected chi connectivity index (χ4v) is 5.72. The van der Waals surface area contributed by atoms with E-state index < -0.39 is 23.9 Å². The number of nitrogens with zero attached hydrogens (tertiary/aromatic N) is 3. The number of benzene rings is 1. The first-order chi connectivity index (χ1) is 18.8. The molecule has 0 spiro atoms. The summed E-state index contributed by atoms with van der Waals surface area (Å²) < 4.78 is 0.796. The molecular formula is C26H34N7O3S3-. The first-order valence-corrected chi connectivity index (χ1v) is 15.3. The molecule has 0 saturated carbocycles. The second kappa shape index (κ2) is 17.6. The van der Waals surface area contributed by atoms with Crippen LogP contribution in [0.1, 0.15) is 25.8 Å². The maximum atomic E-state index is 13.2. The van der Waals surface area contributed by atoms with E-state index in [-0.39, 0.29) is 41.8 Å². The molecule has 10 nitrogen and oxygen atoms in total. The third-order valence-corrected chi connectivity index (χ3v) is 8.46. The van der Waals surface area contributed by atoms with Crippen LogP contribution >= 0.6 is 34.9 Å². The molecule has 2 amide bonds. The Balaban J connectivity index is 1.83. The third-order valence-electron chi connectivity index (χ3n) is 5.40. The van der Waals surface area contributed by atoms with Crippen LogP contribution in [0.5, 0.6) is 0 Å². The number of carbonyl (C=O) groups is 3. The van der Waals surface area contributed by atoms with E-state index in [9.17, 15) is 19.8 Å². The van der Waals surface area contributed by atoms with E-state index in [4.69, 9.17) is 11.1 Å². The standard InChI is InChI=1S/C26H34N7O3S3/c1-3-23(24(35)32-13-20(34)16-37-15-19-7-5-4-6-8-19)33(11-9-27)25(36)18(2)31-14-21(28)22(29)17-39-26-30-10-12-38-26/h4-12,18,23,29,31H,3,13-17,27H2,1-2H3,(H,32,35)/q-1/b11-9-,29-22?. The molecule has 2 unspecified atom stereocenters. The second-order valence-electron chi connectivity index (χ2n) is 8.36. The van der Waals surface area contributed by atoms with Gasteiger partial charge in [0, 0.05) is 47.7 Å². The molecule has 210 valence electrons. The number of thioether (sulfide) groups is 2. The van der Waals surface area contributed by atoms with Gasteiger partial charge in [-0.3, -0.25) is 14.4 Å². The fourth-order valence-electron chi connectivity index (χ4n) is 3.31. The van der Waals surface area contributed by atoms with Gasteiger partial charge in [-0.1, -0.05) is 49.0 Å². The highest BCUT2D eigenvalue weighted by atomic mass is 32.2. The largest absolute Gasteiger partial charge is 0.805 e. The molecule has 5 N–H and O–H groups in total. The zero-order valence-electron chi connectivity index (χ0n) is 22.0. The summed E-state index contributed by atoms with van der Waals surface area (Å²) in [5.41, 5.74) is 6.52. The number of hydrogen-bond donors (Lipinski definition) is 4. The summed E-state index contributed by atoms with van der Waals surface area (Å²) >= 11 is 4.26. The van der Waals surface area contributed by atoms with Gasteiger partial charge < -0.3 is 32.1 Å². The van der Waals surface area contributed by atoms with Gasteiger partial charge in [0.1, 0.15) is 10.4 Å². The maximum absolute atomic E-state index is 13.2. The zero-order chi connectivity index (χ0) is 28.6. The van der Waals surface area contributed by atoms with Crippen molar-refractivity contribution in [2.45, 2.75) is 42.4 Å². The highest BCUT2D eigenvalue weighted by Crippen LogP contribution is 2.20. The third kappa shape index (κ3) is 11.3. The molecule has 1 aromatic heterocycles. The quantitative estimate of drug-likeness (QED) is 0.153. The van der Waals surface area contributed by atoms with E-state index in [1.807, 2.05) is 35.7 Å². The molecule has 1 heterocycles. The Kier molecular flexibility index (Phi) is 14.5. The SMILES string of the molecule is CCC(C(=O)NCC(=O)CSCc1ccccc1)N(/C=C\N)C(=O)C(C)NCC(=[N-])C(=N)CSc1nccs1. The minimum atomic E-state index is -0.878. The van der Waals surface area contributed by atoms with Crippen molar-refractivity contribution in [2.24, 2.45) is 5.73 Å². The van der Waals surface area contributed by atoms with Crippen LogP contribution in [-0.2, 0) is 20.1 Å². The van der Waals surface area contributed by atoms with Gasteiger partial charge in [-0.2, -0.15) is 0 Å². The van der Waals surface area contributed by atoms with Crippen molar-refractivity contribution in [3.8, 4) is 0 Å². The molecule has 1 aromatic carbocycles. The van der Waals surface area contributed by atoms with Gasteiger partial charge in [0.2, 0.25) is 11.8 Å². The van der Waals surface area contributed by atoms with Crippen LogP contribution in [-0.4, -0.2) is 75.6 Å². The summed E-state index contributed by atoms with van der Waals surface area (Å²) in [5.74, 6) is 0.169. The van der Waals surface area contributed by atoms with Crippen molar-refractivity contribution in [3.05, 3.63) is 65.3 Å². The first-order valence-electron chi connectivity index (χ1n) is 12.3. The van der Waals surface area contributed by atoms with Crippen LogP contribution in [0.15, 0.2) is 58.6 Å². The van der Waals surface area contributed by atoms with E-state index in [0.29, 0.717) is 12.2 Å². The number of rotatable bonds is 18. The summed E-state index contributed by atoms with van der Waals surface area (Å²) in [6.45, 7) is 3.12. The van der Waals surface area contributed by atoms with Gasteiger partial charge in [-0.25, -0.2) is 4.98 Å². The number of nitrogens with one attached hydrogen (secondary N) is 3. The van der Waals surface area contributed by atoms with Crippen LogP contribution in [0.3, 0.4) is 0 Å². The molecule has 0 aliphatic heterocycles. The Morgan fingerprint density at radius 3 is 2.62 bits per heavy atom. The molecule has 2 aromatic rings. The van der Waals surface area contributed by atoms with Crippen LogP contribution < -0.4 is 16.4 Å². The number of thiazole rings is 1. The normalized spacial score (nSPS) is 12.6. The lowest BCUT2D eigenvalue weighted by molar-refractivity contribution is -0.139. The summed E-state index contributed by atoms with van der Waals surface area (Å²) in [6.07, 6.45) is 4.45. The summed E-state index contributed by atoms with van der Waals surface area (Å²) in [4.78, 5) is 43.7. The number of aromatic nitrogens is 1. The maximum Gasteiger partial charge on any atom is 0.244 e. The van der Waals surface area contributed by atoms with Gasteiger partial charge in [-0.05, 0) is 18.9 Å². The molecule has 0 bridgehead atoms. The lowest BCUT2D eigenvalue weighted by atomic mass is 10.1. The first kappa shape index (κ1) is 32.2. The monoisotopic (exact) mass is 588 g/mol. The minimum absolute atomic E-state index is 0.0264. The van der Waals surface area contributed by atoms with Gasteiger partial charge >= 0.3 is 0 Å². The van der Waals surface area contributed by atoms with E-state index >= 15 is 0 Å². The molecule has 0 saturated heterocycles. The minimum Gasteiger partial charge on any atom is -0.805 e. The number of amides is 2. The van der Waals surface area contributed by atoms with Crippen molar-refractivity contribution >= 4 is 63.9 Å². The second-order valence-corrected chi connectivity index (χ2v) is 11.5. The molecular weight excluding hydrogens is 555 g/mol. The van der Waals surface area contributed by atoms with Crippen LogP contribution in [0.2, 0.25) is 0 Å². The van der Waals surface area contributed by atoms with Crippen LogP contribution in [0.25, 0.3) is 5.41 Å². The highest BCUT2D eigenvalue weighted by Gasteiger charge is 2.29. The van der Waals surface area contributed by atoms with Crippen molar-refractivity contribution in [2.75, 3.05) is 24.6 Å². The van der Waals surface area contributed by atoms with Crippen molar-refractivity contribution in [1.29, 1.82) is 5.41 Å². The number of Topliss-reactive ketones (excluding diaryl/α,β-unsaturated/α-hetero) is 1. The number of carbonyl (C=O) groups excluding carboxylic acids is 3. The lowest BCUT2D eigenvalue weighted by Gasteiger charge is -2.30. The highest BCUT2D eigenvalue weighted by molar-refractivity contribution is 8.01. The van der Waals surface area contributed by atoms with Gasteiger partial charge in [0.25, 0.3) is 0 Å². The topological polar surface area (TPSA) is 164 Å². The van der Waals surface area contributed by atoms with Crippen LogP contribution in [0, 0.1) is 5.41 Å². The molecule has 0 aliphatic rings. The summed E-state index contributed by atoms with van der Waals surface area (Å²) in [5, 5.41) is 25.7. The number of hydrogen-bond acceptors (Lipinski definition) is 10. The van der Waals surface area contributed by atoms with Crippen molar-refractivity contribution in [3.63, 3.8) is 0 Å². The number of ketones is 1. The smallest absolute Gasteiger partial charge is 0.244 e. The molecule has 2 atom stereocenters. The number of nitrogens with two attached hydrogens (primary N) is 1. The summed E-state index contributed by atoms with van der Waals surface area (Å²) in [6, 6.07) is 8.13. The van der Waals surface area contributed by atoms with Gasteiger partial charge in [-0.15, -0.1) is 28.8 Å². The Labute approximate surface area is 241 Å². The predicted molar refractivity (Wildman–Crippen MR) is 161 cm³/mol. The molecule has 13 heteroatoms. The Morgan fingerprint density at radius 2 is 1.97 bits per heavy atom. The van der Waals surface area contributed by atoms with Gasteiger partial charge in [0.15, 0.2) is 5.78 Å². The molecule has 0 radical (unpaired) electrons. The average molecular weight is 589 g/mol. The Hall–Kier alpha value is -3.00. The van der Waals surface area contributed by atoms with E-state index in [0.717, 1.165) is 9.90 Å². The fraction of sp³-hybridized carbons (Fsp3) is 0.385. The predicted octanol–water partition coefficient (Wildman–Crippen LogP) is 2.90. The van der Waals surface area contributed by atoms with E-state index in [2.05, 4.69) is 15.6 Å². The van der Waals surface area contributed by atoms with Crippen molar-refractivity contribution < 1.29 is 14.4 Å². The van der Waals surface area contributed by atoms with Crippen molar-refractivity contribution in [1.82, 2.24) is 20.5 Å². The summed E-state index contributed by atoms with van der Waals surface area (Å²) in [7, 11) is 0. The van der Waals surface area contributed by atoms with Gasteiger partial charge in [0.05, 0.1) is 18.3 Å². The van der Waals surface area contributed by atoms with Crippen LogP contribution in [0.4, 0.5) is 0 Å². The Bertz CT molecular complexity index is 1130.